The maximum absolute atomic E-state index is 13.0. The van der Waals surface area contributed by atoms with Crippen LogP contribution in [0.4, 0.5) is 0 Å². The maximum Gasteiger partial charge on any atom is 0.240 e. The molecule has 23 heavy (non-hydrogen) atoms. The highest BCUT2D eigenvalue weighted by atomic mass is 32.1. The number of carbonyl (C=O) groups excluding carboxylic acids is 1. The lowest BCUT2D eigenvalue weighted by Crippen LogP contribution is -2.44. The molecule has 1 atom stereocenters. The molecule has 6 nitrogen and oxygen atoms in total. The number of nitrogens with zero attached hydrogens (tertiary/aromatic N) is 2. The first-order chi connectivity index (χ1) is 11.2. The predicted molar refractivity (Wildman–Crippen MR) is 90.4 cm³/mol. The SMILES string of the molecule is COCCN(Cc1nccs1)C(=O)C1CC2(CCNCC2)CN1. The zero-order chi connectivity index (χ0) is 16.1. The summed E-state index contributed by atoms with van der Waals surface area (Å²) < 4.78 is 5.17. The van der Waals surface area contributed by atoms with E-state index in [0.29, 0.717) is 25.1 Å². The van der Waals surface area contributed by atoms with Crippen molar-refractivity contribution >= 4 is 17.2 Å². The zero-order valence-corrected chi connectivity index (χ0v) is 14.5. The highest BCUT2D eigenvalue weighted by molar-refractivity contribution is 7.09. The van der Waals surface area contributed by atoms with E-state index < -0.39 is 0 Å². The van der Waals surface area contributed by atoms with Crippen LogP contribution in [0.3, 0.4) is 0 Å². The summed E-state index contributed by atoms with van der Waals surface area (Å²) in [7, 11) is 1.67. The second-order valence-electron chi connectivity index (χ2n) is 6.57. The van der Waals surface area contributed by atoms with E-state index in [1.807, 2.05) is 10.3 Å². The van der Waals surface area contributed by atoms with E-state index in [0.717, 1.165) is 43.9 Å². The minimum Gasteiger partial charge on any atom is -0.383 e. The minimum atomic E-state index is -0.0649. The number of hydrogen-bond acceptors (Lipinski definition) is 6. The Morgan fingerprint density at radius 3 is 3.04 bits per heavy atom. The van der Waals surface area contributed by atoms with Crippen LogP contribution in [-0.2, 0) is 16.1 Å². The molecule has 1 aromatic heterocycles. The first kappa shape index (κ1) is 16.8. The van der Waals surface area contributed by atoms with E-state index in [1.165, 1.54) is 0 Å². The number of piperidine rings is 1. The van der Waals surface area contributed by atoms with Crippen LogP contribution in [0.2, 0.25) is 0 Å². The second-order valence-corrected chi connectivity index (χ2v) is 7.55. The van der Waals surface area contributed by atoms with Crippen LogP contribution in [0.1, 0.15) is 24.3 Å². The molecule has 128 valence electrons. The van der Waals surface area contributed by atoms with Gasteiger partial charge in [-0.15, -0.1) is 11.3 Å². The molecular weight excluding hydrogens is 312 g/mol. The van der Waals surface area contributed by atoms with Gasteiger partial charge in [0.25, 0.3) is 0 Å². The molecular formula is C16H26N4O2S. The number of rotatable bonds is 6. The Morgan fingerprint density at radius 2 is 2.35 bits per heavy atom. The Morgan fingerprint density at radius 1 is 1.52 bits per heavy atom. The summed E-state index contributed by atoms with van der Waals surface area (Å²) in [6.45, 7) is 4.83. The van der Waals surface area contributed by atoms with E-state index in [2.05, 4.69) is 15.6 Å². The normalized spacial score (nSPS) is 23.3. The van der Waals surface area contributed by atoms with Crippen molar-refractivity contribution < 1.29 is 9.53 Å². The Kier molecular flexibility index (Phi) is 5.63. The van der Waals surface area contributed by atoms with Gasteiger partial charge in [0.1, 0.15) is 5.01 Å². The third-order valence-corrected chi connectivity index (χ3v) is 5.77. The van der Waals surface area contributed by atoms with Crippen molar-refractivity contribution in [3.63, 3.8) is 0 Å². The molecule has 1 spiro atoms. The van der Waals surface area contributed by atoms with E-state index >= 15 is 0 Å². The molecule has 0 aliphatic carbocycles. The molecule has 2 N–H and O–H groups in total. The number of hydrogen-bond donors (Lipinski definition) is 2. The van der Waals surface area contributed by atoms with Gasteiger partial charge in [0.15, 0.2) is 0 Å². The van der Waals surface area contributed by atoms with Gasteiger partial charge in [-0.2, -0.15) is 0 Å². The van der Waals surface area contributed by atoms with Crippen molar-refractivity contribution in [2.24, 2.45) is 5.41 Å². The highest BCUT2D eigenvalue weighted by Gasteiger charge is 2.43. The van der Waals surface area contributed by atoms with Gasteiger partial charge in [-0.05, 0) is 37.8 Å². The first-order valence-corrected chi connectivity index (χ1v) is 9.21. The van der Waals surface area contributed by atoms with Gasteiger partial charge in [-0.3, -0.25) is 4.79 Å². The molecule has 7 heteroatoms. The molecule has 1 unspecified atom stereocenters. The number of carbonyl (C=O) groups is 1. The van der Waals surface area contributed by atoms with Crippen LogP contribution in [0.25, 0.3) is 0 Å². The number of ether oxygens (including phenoxy) is 1. The summed E-state index contributed by atoms with van der Waals surface area (Å²) in [6.07, 6.45) is 5.06. The lowest BCUT2D eigenvalue weighted by Gasteiger charge is -2.33. The summed E-state index contributed by atoms with van der Waals surface area (Å²) in [4.78, 5) is 19.2. The maximum atomic E-state index is 13.0. The quantitative estimate of drug-likeness (QED) is 0.805. The van der Waals surface area contributed by atoms with Crippen molar-refractivity contribution in [2.75, 3.05) is 39.9 Å². The number of aromatic nitrogens is 1. The molecule has 3 heterocycles. The molecule has 0 bridgehead atoms. The Labute approximate surface area is 141 Å². The van der Waals surface area contributed by atoms with Gasteiger partial charge in [-0.1, -0.05) is 0 Å². The van der Waals surface area contributed by atoms with E-state index in [-0.39, 0.29) is 11.9 Å². The van der Waals surface area contributed by atoms with E-state index in [4.69, 9.17) is 4.74 Å². The van der Waals surface area contributed by atoms with Gasteiger partial charge in [0.05, 0.1) is 19.2 Å². The van der Waals surface area contributed by atoms with Crippen LogP contribution in [0.5, 0.6) is 0 Å². The van der Waals surface area contributed by atoms with Crippen molar-refractivity contribution in [2.45, 2.75) is 31.8 Å². The number of methoxy groups -OCH3 is 1. The van der Waals surface area contributed by atoms with Crippen molar-refractivity contribution in [1.29, 1.82) is 0 Å². The fraction of sp³-hybridized carbons (Fsp3) is 0.750. The van der Waals surface area contributed by atoms with Crippen molar-refractivity contribution in [1.82, 2.24) is 20.5 Å². The Hall–Kier alpha value is -1.02. The van der Waals surface area contributed by atoms with E-state index in [1.54, 1.807) is 24.6 Å². The van der Waals surface area contributed by atoms with Crippen LogP contribution in [-0.4, -0.2) is 61.7 Å². The number of thiazole rings is 1. The lowest BCUT2D eigenvalue weighted by atomic mass is 9.77. The average Bonchev–Trinajstić information content (AvgIpc) is 3.22. The summed E-state index contributed by atoms with van der Waals surface area (Å²) in [5.41, 5.74) is 0.305. The Balaban J connectivity index is 1.63. The van der Waals surface area contributed by atoms with Crippen molar-refractivity contribution in [3.8, 4) is 0 Å². The standard InChI is InChI=1S/C16H26N4O2S/c1-22-8-7-20(11-14-18-6-9-23-14)15(21)13-10-16(12-19-13)2-4-17-5-3-16/h6,9,13,17,19H,2-5,7-8,10-12H2,1H3. The molecule has 0 radical (unpaired) electrons. The van der Waals surface area contributed by atoms with Crippen LogP contribution >= 0.6 is 11.3 Å². The molecule has 1 aromatic rings. The highest BCUT2D eigenvalue weighted by Crippen LogP contribution is 2.37. The topological polar surface area (TPSA) is 66.5 Å². The van der Waals surface area contributed by atoms with Gasteiger partial charge >= 0.3 is 0 Å². The van der Waals surface area contributed by atoms with E-state index in [9.17, 15) is 4.79 Å². The first-order valence-electron chi connectivity index (χ1n) is 8.33. The predicted octanol–water partition coefficient (Wildman–Crippen LogP) is 0.850. The zero-order valence-electron chi connectivity index (χ0n) is 13.7. The third-order valence-electron chi connectivity index (χ3n) is 5.01. The molecule has 2 fully saturated rings. The fourth-order valence-corrected chi connectivity index (χ4v) is 4.24. The molecule has 2 aliphatic rings. The molecule has 2 aliphatic heterocycles. The fourth-order valence-electron chi connectivity index (χ4n) is 3.61. The van der Waals surface area contributed by atoms with Crippen LogP contribution in [0, 0.1) is 5.41 Å². The third kappa shape index (κ3) is 4.09. The summed E-state index contributed by atoms with van der Waals surface area (Å²) >= 11 is 1.59. The summed E-state index contributed by atoms with van der Waals surface area (Å²) in [6, 6.07) is -0.0649. The summed E-state index contributed by atoms with van der Waals surface area (Å²) in [5, 5.41) is 9.82. The van der Waals surface area contributed by atoms with Crippen molar-refractivity contribution in [3.05, 3.63) is 16.6 Å². The van der Waals surface area contributed by atoms with Gasteiger partial charge in [-0.25, -0.2) is 4.98 Å². The Bertz CT molecular complexity index is 502. The number of amides is 1. The molecule has 2 saturated heterocycles. The monoisotopic (exact) mass is 338 g/mol. The summed E-state index contributed by atoms with van der Waals surface area (Å²) in [5.74, 6) is 0.188. The smallest absolute Gasteiger partial charge is 0.240 e. The molecule has 0 aromatic carbocycles. The van der Waals surface area contributed by atoms with Gasteiger partial charge in [0, 0.05) is 31.8 Å². The van der Waals surface area contributed by atoms with Crippen LogP contribution in [0.15, 0.2) is 11.6 Å². The second kappa shape index (κ2) is 7.70. The molecule has 3 rings (SSSR count). The van der Waals surface area contributed by atoms with Gasteiger partial charge < -0.3 is 20.3 Å². The molecule has 0 saturated carbocycles. The average molecular weight is 338 g/mol. The van der Waals surface area contributed by atoms with Crippen LogP contribution < -0.4 is 10.6 Å². The lowest BCUT2D eigenvalue weighted by molar-refractivity contribution is -0.134. The largest absolute Gasteiger partial charge is 0.383 e. The number of nitrogens with one attached hydrogen (secondary N) is 2. The minimum absolute atomic E-state index is 0.0649. The molecule has 1 amide bonds. The van der Waals surface area contributed by atoms with Gasteiger partial charge in [0.2, 0.25) is 5.91 Å².